The van der Waals surface area contributed by atoms with E-state index in [0.717, 1.165) is 7.11 Å². The van der Waals surface area contributed by atoms with Crippen molar-refractivity contribution in [3.8, 4) is 11.5 Å². The molecule has 1 N–H and O–H groups in total. The number of fused-ring (bicyclic) bond motifs is 1. The zero-order valence-electron chi connectivity index (χ0n) is 19.1. The number of carbonyl (C=O) groups is 5. The van der Waals surface area contributed by atoms with E-state index in [4.69, 9.17) is 14.2 Å². The Kier molecular flexibility index (Phi) is 8.38. The molecule has 0 fully saturated rings. The Hall–Kier alpha value is -4.41. The highest BCUT2D eigenvalue weighted by atomic mass is 16.6. The molecule has 11 heteroatoms. The van der Waals surface area contributed by atoms with E-state index < -0.39 is 30.4 Å². The summed E-state index contributed by atoms with van der Waals surface area (Å²) in [4.78, 5) is 60.4. The molecule has 184 valence electrons. The summed E-state index contributed by atoms with van der Waals surface area (Å²) in [7, 11) is 2.35. The van der Waals surface area contributed by atoms with E-state index in [2.05, 4.69) is 14.8 Å². The molecule has 0 aromatic heterocycles. The molecule has 1 aliphatic rings. The monoisotopic (exact) mass is 485 g/mol. The van der Waals surface area contributed by atoms with E-state index in [1.165, 1.54) is 25.3 Å². The SMILES string of the molecule is COC(=O)c1ccc(C(=O)OC)c(NC(=O)COC(=O)CCC(=O)c2ccc3c(c2)OCCO3)c1. The lowest BCUT2D eigenvalue weighted by Crippen LogP contribution is -2.23. The van der Waals surface area contributed by atoms with E-state index in [1.807, 2.05) is 0 Å². The van der Waals surface area contributed by atoms with Crippen molar-refractivity contribution in [3.05, 3.63) is 53.1 Å². The first-order valence-electron chi connectivity index (χ1n) is 10.5. The second kappa shape index (κ2) is 11.6. The third-order valence-electron chi connectivity index (χ3n) is 4.90. The quantitative estimate of drug-likeness (QED) is 0.319. The highest BCUT2D eigenvalue weighted by molar-refractivity contribution is 6.04. The lowest BCUT2D eigenvalue weighted by molar-refractivity contribution is -0.147. The first kappa shape index (κ1) is 25.2. The average molecular weight is 485 g/mol. The molecule has 0 spiro atoms. The molecule has 3 rings (SSSR count). The molecule has 0 aliphatic carbocycles. The molecule has 11 nitrogen and oxygen atoms in total. The number of carbonyl (C=O) groups excluding carboxylic acids is 5. The number of methoxy groups -OCH3 is 2. The maximum Gasteiger partial charge on any atom is 0.339 e. The number of nitrogens with one attached hydrogen (secondary N) is 1. The van der Waals surface area contributed by atoms with Crippen molar-refractivity contribution in [2.45, 2.75) is 12.8 Å². The van der Waals surface area contributed by atoms with Gasteiger partial charge in [-0.25, -0.2) is 9.59 Å². The second-order valence-electron chi connectivity index (χ2n) is 7.23. The minimum atomic E-state index is -0.762. The van der Waals surface area contributed by atoms with Crippen LogP contribution >= 0.6 is 0 Å². The predicted molar refractivity (Wildman–Crippen MR) is 120 cm³/mol. The predicted octanol–water partition coefficient (Wildman–Crippen LogP) is 2.18. The van der Waals surface area contributed by atoms with Gasteiger partial charge in [-0.1, -0.05) is 0 Å². The summed E-state index contributed by atoms with van der Waals surface area (Å²) in [6, 6.07) is 8.63. The number of anilines is 1. The number of hydrogen-bond acceptors (Lipinski definition) is 10. The van der Waals surface area contributed by atoms with Crippen LogP contribution in [0.1, 0.15) is 43.9 Å². The van der Waals surface area contributed by atoms with Crippen LogP contribution in [0, 0.1) is 0 Å². The Morgan fingerprint density at radius 2 is 1.51 bits per heavy atom. The fraction of sp³-hybridized carbons (Fsp3) is 0.292. The van der Waals surface area contributed by atoms with Crippen LogP contribution in [0.3, 0.4) is 0 Å². The largest absolute Gasteiger partial charge is 0.486 e. The second-order valence-corrected chi connectivity index (χ2v) is 7.23. The highest BCUT2D eigenvalue weighted by Gasteiger charge is 2.19. The number of ether oxygens (including phenoxy) is 5. The van der Waals surface area contributed by atoms with Crippen molar-refractivity contribution < 1.29 is 47.7 Å². The molecular weight excluding hydrogens is 462 g/mol. The molecule has 1 aliphatic heterocycles. The molecule has 0 radical (unpaired) electrons. The van der Waals surface area contributed by atoms with Gasteiger partial charge in [0, 0.05) is 12.0 Å². The van der Waals surface area contributed by atoms with Gasteiger partial charge in [-0.3, -0.25) is 14.4 Å². The average Bonchev–Trinajstić information content (AvgIpc) is 2.89. The molecule has 0 unspecified atom stereocenters. The van der Waals surface area contributed by atoms with E-state index in [9.17, 15) is 24.0 Å². The molecular formula is C24H23NO10. The van der Waals surface area contributed by atoms with E-state index >= 15 is 0 Å². The number of amides is 1. The normalized spacial score (nSPS) is 11.7. The minimum absolute atomic E-state index is 0.00939. The van der Waals surface area contributed by atoms with Gasteiger partial charge < -0.3 is 29.0 Å². The molecule has 0 atom stereocenters. The lowest BCUT2D eigenvalue weighted by Gasteiger charge is -2.18. The fourth-order valence-corrected chi connectivity index (χ4v) is 3.16. The zero-order valence-corrected chi connectivity index (χ0v) is 19.1. The van der Waals surface area contributed by atoms with Gasteiger partial charge in [0.05, 0.1) is 37.5 Å². The smallest absolute Gasteiger partial charge is 0.339 e. The maximum atomic E-state index is 12.4. The van der Waals surface area contributed by atoms with Crippen LogP contribution in [0.25, 0.3) is 0 Å². The molecule has 1 amide bonds. The summed E-state index contributed by atoms with van der Waals surface area (Å²) in [5, 5.41) is 2.40. The van der Waals surface area contributed by atoms with Crippen molar-refractivity contribution in [2.75, 3.05) is 39.4 Å². The van der Waals surface area contributed by atoms with Crippen molar-refractivity contribution in [1.82, 2.24) is 0 Å². The summed E-state index contributed by atoms with van der Waals surface area (Å²) < 4.78 is 25.1. The van der Waals surface area contributed by atoms with E-state index in [-0.39, 0.29) is 35.4 Å². The third-order valence-corrected chi connectivity index (χ3v) is 4.90. The third kappa shape index (κ3) is 6.56. The van der Waals surface area contributed by atoms with Crippen molar-refractivity contribution in [2.24, 2.45) is 0 Å². The summed E-state index contributed by atoms with van der Waals surface area (Å²) in [5.41, 5.74) is 0.421. The Morgan fingerprint density at radius 3 is 2.23 bits per heavy atom. The molecule has 35 heavy (non-hydrogen) atoms. The topological polar surface area (TPSA) is 144 Å². The van der Waals surface area contributed by atoms with Crippen LogP contribution in [-0.2, 0) is 23.8 Å². The maximum absolute atomic E-state index is 12.4. The number of rotatable bonds is 9. The first-order valence-corrected chi connectivity index (χ1v) is 10.5. The first-order chi connectivity index (χ1) is 16.8. The highest BCUT2D eigenvalue weighted by Crippen LogP contribution is 2.31. The number of Topliss-reactive ketones (excluding diaryl/α,β-unsaturated/α-hetero) is 1. The summed E-state index contributed by atoms with van der Waals surface area (Å²) in [5.74, 6) is -2.23. The molecule has 2 aromatic carbocycles. The van der Waals surface area contributed by atoms with Gasteiger partial charge in [-0.2, -0.15) is 0 Å². The Balaban J connectivity index is 1.53. The van der Waals surface area contributed by atoms with Crippen LogP contribution in [0.5, 0.6) is 11.5 Å². The van der Waals surface area contributed by atoms with Crippen molar-refractivity contribution >= 4 is 35.3 Å². The van der Waals surface area contributed by atoms with Crippen LogP contribution in [0.2, 0.25) is 0 Å². The van der Waals surface area contributed by atoms with Gasteiger partial charge in [0.15, 0.2) is 23.9 Å². The molecule has 0 saturated carbocycles. The Morgan fingerprint density at radius 1 is 0.829 bits per heavy atom. The van der Waals surface area contributed by atoms with Crippen LogP contribution in [0.4, 0.5) is 5.69 Å². The van der Waals surface area contributed by atoms with Gasteiger partial charge in [0.25, 0.3) is 5.91 Å². The summed E-state index contributed by atoms with van der Waals surface area (Å²) >= 11 is 0. The van der Waals surface area contributed by atoms with Crippen LogP contribution in [-0.4, -0.2) is 63.6 Å². The van der Waals surface area contributed by atoms with Crippen LogP contribution in [0.15, 0.2) is 36.4 Å². The fourth-order valence-electron chi connectivity index (χ4n) is 3.16. The standard InChI is InChI=1S/C24H23NO10/c1-31-23(29)15-3-5-16(24(30)32-2)17(11-15)25-21(27)13-35-22(28)8-6-18(26)14-4-7-19-20(12-14)34-10-9-33-19/h3-5,7,11-12H,6,8-10,13H2,1-2H3,(H,25,27). The van der Waals surface area contributed by atoms with Crippen LogP contribution < -0.4 is 14.8 Å². The van der Waals surface area contributed by atoms with Gasteiger partial charge in [0.2, 0.25) is 0 Å². The van der Waals surface area contributed by atoms with E-state index in [0.29, 0.717) is 30.3 Å². The van der Waals surface area contributed by atoms with Gasteiger partial charge in [-0.05, 0) is 36.4 Å². The van der Waals surface area contributed by atoms with Gasteiger partial charge in [-0.15, -0.1) is 0 Å². The zero-order chi connectivity index (χ0) is 25.4. The van der Waals surface area contributed by atoms with Crippen molar-refractivity contribution in [1.29, 1.82) is 0 Å². The Labute approximate surface area is 200 Å². The Bertz CT molecular complexity index is 1160. The van der Waals surface area contributed by atoms with Crippen molar-refractivity contribution in [3.63, 3.8) is 0 Å². The van der Waals surface area contributed by atoms with Gasteiger partial charge >= 0.3 is 17.9 Å². The van der Waals surface area contributed by atoms with Gasteiger partial charge in [0.1, 0.15) is 13.2 Å². The molecule has 0 bridgehead atoms. The van der Waals surface area contributed by atoms with E-state index in [1.54, 1.807) is 18.2 Å². The number of ketones is 1. The molecule has 1 heterocycles. The summed E-state index contributed by atoms with van der Waals surface area (Å²) in [6.45, 7) is 0.147. The molecule has 0 saturated heterocycles. The number of benzene rings is 2. The number of hydrogen-bond donors (Lipinski definition) is 1. The number of esters is 3. The minimum Gasteiger partial charge on any atom is -0.486 e. The summed E-state index contributed by atoms with van der Waals surface area (Å²) in [6.07, 6.45) is -0.375. The molecule has 2 aromatic rings. The lowest BCUT2D eigenvalue weighted by atomic mass is 10.1.